The van der Waals surface area contributed by atoms with Gasteiger partial charge >= 0.3 is 0 Å². The average Bonchev–Trinajstić information content (AvgIpc) is 2.47. The molecule has 0 bridgehead atoms. The first-order valence-corrected chi connectivity index (χ1v) is 8.00. The molecule has 0 amide bonds. The molecule has 0 saturated carbocycles. The molecule has 4 heteroatoms. The highest BCUT2D eigenvalue weighted by atomic mass is 32.2. The quantitative estimate of drug-likeness (QED) is 0.824. The van der Waals surface area contributed by atoms with Crippen molar-refractivity contribution in [1.82, 2.24) is 10.3 Å². The second-order valence-corrected chi connectivity index (χ2v) is 6.09. The molecule has 3 nitrogen and oxygen atoms in total. The van der Waals surface area contributed by atoms with E-state index < -0.39 is 0 Å². The van der Waals surface area contributed by atoms with Crippen LogP contribution in [0, 0.1) is 13.8 Å². The van der Waals surface area contributed by atoms with Crippen molar-refractivity contribution in [3.8, 4) is 5.75 Å². The molecule has 1 unspecified atom stereocenters. The largest absolute Gasteiger partial charge is 0.497 e. The number of nitrogens with one attached hydrogen (secondary N) is 1. The lowest BCUT2D eigenvalue weighted by Gasteiger charge is -2.16. The van der Waals surface area contributed by atoms with Crippen molar-refractivity contribution < 1.29 is 4.74 Å². The highest BCUT2D eigenvalue weighted by molar-refractivity contribution is 7.99. The van der Waals surface area contributed by atoms with E-state index in [0.29, 0.717) is 6.04 Å². The molecule has 0 aliphatic carbocycles. The summed E-state index contributed by atoms with van der Waals surface area (Å²) >= 11 is 1.78. The first-order chi connectivity index (χ1) is 10.1. The number of nitrogens with zero attached hydrogens (tertiary/aromatic N) is 1. The number of benzene rings is 1. The Kier molecular flexibility index (Phi) is 5.65. The molecule has 0 fully saturated rings. The van der Waals surface area contributed by atoms with E-state index in [0.717, 1.165) is 22.2 Å². The van der Waals surface area contributed by atoms with Gasteiger partial charge in [0.1, 0.15) is 5.75 Å². The Balaban J connectivity index is 2.04. The van der Waals surface area contributed by atoms with Gasteiger partial charge in [0.25, 0.3) is 0 Å². The molecule has 2 rings (SSSR count). The van der Waals surface area contributed by atoms with Crippen molar-refractivity contribution in [2.45, 2.75) is 24.9 Å². The number of ether oxygens (including phenoxy) is 1. The van der Waals surface area contributed by atoms with Crippen LogP contribution in [0.3, 0.4) is 0 Å². The van der Waals surface area contributed by atoms with Crippen molar-refractivity contribution in [3.63, 3.8) is 0 Å². The van der Waals surface area contributed by atoms with Crippen LogP contribution in [0.4, 0.5) is 0 Å². The van der Waals surface area contributed by atoms with Gasteiger partial charge in [0, 0.05) is 17.5 Å². The Morgan fingerprint density at radius 3 is 2.48 bits per heavy atom. The van der Waals surface area contributed by atoms with Crippen LogP contribution in [0.5, 0.6) is 5.75 Å². The lowest BCUT2D eigenvalue weighted by atomic mass is 10.1. The molecular formula is C17H22N2OS. The lowest BCUT2D eigenvalue weighted by Crippen LogP contribution is -2.18. The summed E-state index contributed by atoms with van der Waals surface area (Å²) in [5.74, 6) is 1.83. The smallest absolute Gasteiger partial charge is 0.118 e. The van der Waals surface area contributed by atoms with E-state index in [1.54, 1.807) is 18.9 Å². The molecule has 1 heterocycles. The van der Waals surface area contributed by atoms with Gasteiger partial charge in [0.05, 0.1) is 12.1 Å². The van der Waals surface area contributed by atoms with Crippen LogP contribution in [0.25, 0.3) is 0 Å². The van der Waals surface area contributed by atoms with Crippen LogP contribution < -0.4 is 10.1 Å². The van der Waals surface area contributed by atoms with Crippen LogP contribution in [0.2, 0.25) is 0 Å². The van der Waals surface area contributed by atoms with Gasteiger partial charge < -0.3 is 10.1 Å². The van der Waals surface area contributed by atoms with Gasteiger partial charge in [0.2, 0.25) is 0 Å². The predicted molar refractivity (Wildman–Crippen MR) is 89.2 cm³/mol. The second kappa shape index (κ2) is 7.48. The van der Waals surface area contributed by atoms with E-state index in [4.69, 9.17) is 4.74 Å². The molecule has 0 saturated heterocycles. The normalized spacial score (nSPS) is 12.2. The number of pyridine rings is 1. The molecular weight excluding hydrogens is 280 g/mol. The van der Waals surface area contributed by atoms with Crippen molar-refractivity contribution in [2.24, 2.45) is 0 Å². The number of hydrogen-bond acceptors (Lipinski definition) is 4. The van der Waals surface area contributed by atoms with Crippen molar-refractivity contribution in [1.29, 1.82) is 0 Å². The van der Waals surface area contributed by atoms with Crippen LogP contribution in [0.15, 0.2) is 41.4 Å². The summed E-state index contributed by atoms with van der Waals surface area (Å²) in [7, 11) is 3.68. The van der Waals surface area contributed by atoms with Crippen LogP contribution in [0.1, 0.15) is 22.9 Å². The maximum absolute atomic E-state index is 5.20. The minimum absolute atomic E-state index is 0.295. The zero-order valence-corrected chi connectivity index (χ0v) is 13.8. The Morgan fingerprint density at radius 1 is 1.19 bits per heavy atom. The third-order valence-electron chi connectivity index (χ3n) is 3.34. The van der Waals surface area contributed by atoms with Crippen molar-refractivity contribution in [2.75, 3.05) is 19.9 Å². The van der Waals surface area contributed by atoms with Crippen LogP contribution in [-0.2, 0) is 0 Å². The molecule has 1 aromatic carbocycles. The summed E-state index contributed by atoms with van der Waals surface area (Å²) in [4.78, 5) is 4.58. The summed E-state index contributed by atoms with van der Waals surface area (Å²) in [5.41, 5.74) is 3.59. The zero-order valence-electron chi connectivity index (χ0n) is 13.0. The topological polar surface area (TPSA) is 34.2 Å². The number of hydrogen-bond donors (Lipinski definition) is 1. The number of aryl methyl sites for hydroxylation is 2. The summed E-state index contributed by atoms with van der Waals surface area (Å²) < 4.78 is 5.20. The van der Waals surface area contributed by atoms with E-state index in [2.05, 4.69) is 41.5 Å². The Bertz CT molecular complexity index is 564. The summed E-state index contributed by atoms with van der Waals surface area (Å²) in [6.07, 6.45) is 0. The summed E-state index contributed by atoms with van der Waals surface area (Å²) in [5, 5.41) is 4.45. The van der Waals surface area contributed by atoms with E-state index in [1.165, 1.54) is 11.1 Å². The summed E-state index contributed by atoms with van der Waals surface area (Å²) in [6.45, 7) is 4.15. The molecule has 2 aromatic rings. The van der Waals surface area contributed by atoms with E-state index >= 15 is 0 Å². The third kappa shape index (κ3) is 4.48. The summed E-state index contributed by atoms with van der Waals surface area (Å²) in [6, 6.07) is 12.7. The van der Waals surface area contributed by atoms with Gasteiger partial charge in [-0.15, -0.1) is 11.8 Å². The standard InChI is InChI=1S/C17H22N2OS/c1-12-9-13(2)19-17(10-12)21-11-16(18-3)14-5-7-15(20-4)8-6-14/h5-10,16,18H,11H2,1-4H3. The Hall–Kier alpha value is -1.52. The molecule has 1 aromatic heterocycles. The highest BCUT2D eigenvalue weighted by Gasteiger charge is 2.10. The van der Waals surface area contributed by atoms with Crippen LogP contribution >= 0.6 is 11.8 Å². The predicted octanol–water partition coefficient (Wildman–Crippen LogP) is 3.76. The number of thioether (sulfide) groups is 1. The van der Waals surface area contributed by atoms with Gasteiger partial charge in [-0.2, -0.15) is 0 Å². The second-order valence-electron chi connectivity index (χ2n) is 5.05. The minimum Gasteiger partial charge on any atom is -0.497 e. The molecule has 1 N–H and O–H groups in total. The minimum atomic E-state index is 0.295. The maximum Gasteiger partial charge on any atom is 0.118 e. The first kappa shape index (κ1) is 15.9. The lowest BCUT2D eigenvalue weighted by molar-refractivity contribution is 0.414. The average molecular weight is 302 g/mol. The van der Waals surface area contributed by atoms with Gasteiger partial charge in [0.15, 0.2) is 0 Å². The molecule has 0 radical (unpaired) electrons. The van der Waals surface area contributed by atoms with Gasteiger partial charge in [-0.25, -0.2) is 4.98 Å². The van der Waals surface area contributed by atoms with E-state index in [1.807, 2.05) is 26.1 Å². The molecule has 0 aliphatic heterocycles. The number of aromatic nitrogens is 1. The van der Waals surface area contributed by atoms with Crippen molar-refractivity contribution >= 4 is 11.8 Å². The highest BCUT2D eigenvalue weighted by Crippen LogP contribution is 2.25. The fourth-order valence-corrected chi connectivity index (χ4v) is 3.40. The molecule has 1 atom stereocenters. The molecule has 0 aliphatic rings. The molecule has 21 heavy (non-hydrogen) atoms. The number of rotatable bonds is 6. The van der Waals surface area contributed by atoms with Crippen molar-refractivity contribution in [3.05, 3.63) is 53.2 Å². The first-order valence-electron chi connectivity index (χ1n) is 7.01. The van der Waals surface area contributed by atoms with E-state index in [9.17, 15) is 0 Å². The Morgan fingerprint density at radius 2 is 1.90 bits per heavy atom. The Labute approximate surface area is 131 Å². The maximum atomic E-state index is 5.20. The molecule has 0 spiro atoms. The third-order valence-corrected chi connectivity index (χ3v) is 4.34. The fraction of sp³-hybridized carbons (Fsp3) is 0.353. The van der Waals surface area contributed by atoms with Gasteiger partial charge in [-0.3, -0.25) is 0 Å². The monoisotopic (exact) mass is 302 g/mol. The van der Waals surface area contributed by atoms with Gasteiger partial charge in [-0.1, -0.05) is 12.1 Å². The van der Waals surface area contributed by atoms with Crippen LogP contribution in [-0.4, -0.2) is 24.9 Å². The number of methoxy groups -OCH3 is 1. The zero-order chi connectivity index (χ0) is 15.2. The van der Waals surface area contributed by atoms with E-state index in [-0.39, 0.29) is 0 Å². The van der Waals surface area contributed by atoms with Gasteiger partial charge in [-0.05, 0) is 56.3 Å². The fourth-order valence-electron chi connectivity index (χ4n) is 2.23. The SMILES string of the molecule is CNC(CSc1cc(C)cc(C)n1)c1ccc(OC)cc1. The molecule has 112 valence electrons.